The highest BCUT2D eigenvalue weighted by Gasteiger charge is 2.24. The molecular weight excluding hydrogens is 232 g/mol. The lowest BCUT2D eigenvalue weighted by Crippen LogP contribution is -2.48. The fourth-order valence-corrected chi connectivity index (χ4v) is 2.33. The molecule has 0 aromatic rings. The minimum Gasteiger partial charge on any atom is -0.480 e. The first-order chi connectivity index (χ1) is 8.41. The van der Waals surface area contributed by atoms with E-state index in [4.69, 9.17) is 5.11 Å². The molecule has 5 heteroatoms. The summed E-state index contributed by atoms with van der Waals surface area (Å²) in [6.07, 6.45) is 2.21. The zero-order valence-corrected chi connectivity index (χ0v) is 11.5. The molecule has 104 valence electrons. The molecule has 1 aliphatic heterocycles. The number of likely N-dealkylation sites (tertiary alicyclic amines) is 1. The standard InChI is InChI=1S/C13H24N2O3/c1-9(2)12(13(17)18)14-7-11(16)15-6-4-5-10(3)8-15/h9-10,12,14H,4-8H2,1-3H3,(H,17,18). The van der Waals surface area contributed by atoms with Crippen LogP contribution in [0.5, 0.6) is 0 Å². The lowest BCUT2D eigenvalue weighted by molar-refractivity contribution is -0.141. The lowest BCUT2D eigenvalue weighted by atomic mass is 10.0. The number of carboxylic acid groups (broad SMARTS) is 1. The molecule has 1 aliphatic rings. The lowest BCUT2D eigenvalue weighted by Gasteiger charge is -2.31. The minimum absolute atomic E-state index is 0.00782. The molecule has 1 amide bonds. The highest BCUT2D eigenvalue weighted by Crippen LogP contribution is 2.15. The summed E-state index contributed by atoms with van der Waals surface area (Å²) >= 11 is 0. The number of hydrogen-bond donors (Lipinski definition) is 2. The SMILES string of the molecule is CC1CCCN(C(=O)CNC(C(=O)O)C(C)C)C1. The van der Waals surface area contributed by atoms with E-state index in [1.165, 1.54) is 6.42 Å². The summed E-state index contributed by atoms with van der Waals surface area (Å²) in [5.41, 5.74) is 0. The normalized spacial score (nSPS) is 22.0. The van der Waals surface area contributed by atoms with Gasteiger partial charge in [0.15, 0.2) is 0 Å². The zero-order chi connectivity index (χ0) is 13.7. The van der Waals surface area contributed by atoms with Gasteiger partial charge in [-0.1, -0.05) is 20.8 Å². The van der Waals surface area contributed by atoms with Crippen molar-refractivity contribution >= 4 is 11.9 Å². The molecule has 0 aromatic carbocycles. The van der Waals surface area contributed by atoms with Gasteiger partial charge in [0.2, 0.25) is 5.91 Å². The summed E-state index contributed by atoms with van der Waals surface area (Å²) in [4.78, 5) is 24.8. The van der Waals surface area contributed by atoms with Crippen molar-refractivity contribution < 1.29 is 14.7 Å². The first-order valence-electron chi connectivity index (χ1n) is 6.65. The van der Waals surface area contributed by atoms with Gasteiger partial charge < -0.3 is 10.0 Å². The van der Waals surface area contributed by atoms with Crippen LogP contribution in [0.4, 0.5) is 0 Å². The predicted molar refractivity (Wildman–Crippen MR) is 69.2 cm³/mol. The summed E-state index contributed by atoms with van der Waals surface area (Å²) in [6, 6.07) is -0.656. The molecule has 1 heterocycles. The Balaban J connectivity index is 2.42. The van der Waals surface area contributed by atoms with Crippen LogP contribution < -0.4 is 5.32 Å². The fraction of sp³-hybridized carbons (Fsp3) is 0.846. The van der Waals surface area contributed by atoms with E-state index in [1.807, 2.05) is 18.7 Å². The number of nitrogens with one attached hydrogen (secondary N) is 1. The maximum Gasteiger partial charge on any atom is 0.320 e. The Morgan fingerprint density at radius 1 is 1.44 bits per heavy atom. The fourth-order valence-electron chi connectivity index (χ4n) is 2.33. The highest BCUT2D eigenvalue weighted by atomic mass is 16.4. The van der Waals surface area contributed by atoms with Gasteiger partial charge in [-0.05, 0) is 24.7 Å². The zero-order valence-electron chi connectivity index (χ0n) is 11.5. The number of carbonyl (C=O) groups excluding carboxylic acids is 1. The van der Waals surface area contributed by atoms with Gasteiger partial charge in [-0.2, -0.15) is 0 Å². The van der Waals surface area contributed by atoms with Crippen molar-refractivity contribution in [2.24, 2.45) is 11.8 Å². The van der Waals surface area contributed by atoms with Crippen LogP contribution in [0.1, 0.15) is 33.6 Å². The molecule has 1 fully saturated rings. The number of piperidine rings is 1. The van der Waals surface area contributed by atoms with Gasteiger partial charge >= 0.3 is 5.97 Å². The number of nitrogens with zero attached hydrogens (tertiary/aromatic N) is 1. The number of rotatable bonds is 5. The molecular formula is C13H24N2O3. The van der Waals surface area contributed by atoms with Gasteiger partial charge in [0, 0.05) is 13.1 Å². The Hall–Kier alpha value is -1.10. The van der Waals surface area contributed by atoms with Crippen LogP contribution in [-0.4, -0.2) is 47.6 Å². The second kappa shape index (κ2) is 6.73. The van der Waals surface area contributed by atoms with Crippen LogP contribution >= 0.6 is 0 Å². The van der Waals surface area contributed by atoms with Gasteiger partial charge in [0.25, 0.3) is 0 Å². The third kappa shape index (κ3) is 4.29. The Labute approximate surface area is 109 Å². The van der Waals surface area contributed by atoms with Crippen molar-refractivity contribution in [3.63, 3.8) is 0 Å². The van der Waals surface area contributed by atoms with Crippen molar-refractivity contribution in [3.05, 3.63) is 0 Å². The minimum atomic E-state index is -0.898. The van der Waals surface area contributed by atoms with Crippen LogP contribution in [0.15, 0.2) is 0 Å². The van der Waals surface area contributed by atoms with Gasteiger partial charge in [-0.3, -0.25) is 14.9 Å². The van der Waals surface area contributed by atoms with Crippen LogP contribution in [-0.2, 0) is 9.59 Å². The summed E-state index contributed by atoms with van der Waals surface area (Å²) < 4.78 is 0. The summed E-state index contributed by atoms with van der Waals surface area (Å²) in [5, 5.41) is 11.9. The molecule has 0 bridgehead atoms. The van der Waals surface area contributed by atoms with Gasteiger partial charge in [-0.15, -0.1) is 0 Å². The van der Waals surface area contributed by atoms with Crippen LogP contribution in [0.3, 0.4) is 0 Å². The molecule has 2 N–H and O–H groups in total. The summed E-state index contributed by atoms with van der Waals surface area (Å²) in [5.74, 6) is -0.378. The van der Waals surface area contributed by atoms with Crippen molar-refractivity contribution in [2.75, 3.05) is 19.6 Å². The molecule has 0 spiro atoms. The largest absolute Gasteiger partial charge is 0.480 e. The molecule has 5 nitrogen and oxygen atoms in total. The van der Waals surface area contributed by atoms with Gasteiger partial charge in [-0.25, -0.2) is 0 Å². The van der Waals surface area contributed by atoms with Gasteiger partial charge in [0.05, 0.1) is 6.54 Å². The molecule has 2 atom stereocenters. The predicted octanol–water partition coefficient (Wildman–Crippen LogP) is 0.944. The molecule has 0 radical (unpaired) electrons. The van der Waals surface area contributed by atoms with Crippen molar-refractivity contribution in [1.82, 2.24) is 10.2 Å². The van der Waals surface area contributed by atoms with E-state index >= 15 is 0 Å². The first-order valence-corrected chi connectivity index (χ1v) is 6.65. The monoisotopic (exact) mass is 256 g/mol. The third-order valence-corrected chi connectivity index (χ3v) is 3.42. The van der Waals surface area contributed by atoms with E-state index in [1.54, 1.807) is 0 Å². The molecule has 1 rings (SSSR count). The number of amides is 1. The van der Waals surface area contributed by atoms with Crippen molar-refractivity contribution in [3.8, 4) is 0 Å². The summed E-state index contributed by atoms with van der Waals surface area (Å²) in [6.45, 7) is 7.51. The summed E-state index contributed by atoms with van der Waals surface area (Å²) in [7, 11) is 0. The number of hydrogen-bond acceptors (Lipinski definition) is 3. The molecule has 18 heavy (non-hydrogen) atoms. The Bertz CT molecular complexity index is 305. The van der Waals surface area contributed by atoms with E-state index in [2.05, 4.69) is 12.2 Å². The Morgan fingerprint density at radius 2 is 2.11 bits per heavy atom. The Kier molecular flexibility index (Phi) is 5.59. The average Bonchev–Trinajstić information content (AvgIpc) is 2.28. The molecule has 0 saturated carbocycles. The third-order valence-electron chi connectivity index (χ3n) is 3.42. The maximum atomic E-state index is 12.0. The first kappa shape index (κ1) is 15.0. The van der Waals surface area contributed by atoms with Crippen molar-refractivity contribution in [1.29, 1.82) is 0 Å². The number of aliphatic carboxylic acids is 1. The quantitative estimate of drug-likeness (QED) is 0.768. The van der Waals surface area contributed by atoms with E-state index in [0.717, 1.165) is 19.5 Å². The second-order valence-electron chi connectivity index (χ2n) is 5.53. The average molecular weight is 256 g/mol. The van der Waals surface area contributed by atoms with E-state index in [9.17, 15) is 9.59 Å². The van der Waals surface area contributed by atoms with E-state index < -0.39 is 12.0 Å². The smallest absolute Gasteiger partial charge is 0.320 e. The van der Waals surface area contributed by atoms with Crippen molar-refractivity contribution in [2.45, 2.75) is 39.7 Å². The van der Waals surface area contributed by atoms with Crippen LogP contribution in [0.25, 0.3) is 0 Å². The van der Waals surface area contributed by atoms with Crippen LogP contribution in [0.2, 0.25) is 0 Å². The number of carbonyl (C=O) groups is 2. The van der Waals surface area contributed by atoms with E-state index in [0.29, 0.717) is 5.92 Å². The Morgan fingerprint density at radius 3 is 2.61 bits per heavy atom. The molecule has 2 unspecified atom stereocenters. The van der Waals surface area contributed by atoms with E-state index in [-0.39, 0.29) is 18.4 Å². The van der Waals surface area contributed by atoms with Crippen LogP contribution in [0, 0.1) is 11.8 Å². The molecule has 0 aliphatic carbocycles. The van der Waals surface area contributed by atoms with Gasteiger partial charge in [0.1, 0.15) is 6.04 Å². The number of carboxylic acids is 1. The second-order valence-corrected chi connectivity index (χ2v) is 5.53. The molecule has 0 aromatic heterocycles. The topological polar surface area (TPSA) is 69.6 Å². The molecule has 1 saturated heterocycles. The maximum absolute atomic E-state index is 12.0. The highest BCUT2D eigenvalue weighted by molar-refractivity contribution is 5.80.